The Morgan fingerprint density at radius 1 is 1.38 bits per heavy atom. The molecule has 3 rings (SSSR count). The van der Waals surface area contributed by atoms with Crippen LogP contribution in [0.2, 0.25) is 0 Å². The number of fused-ring (bicyclic) bond motifs is 1. The van der Waals surface area contributed by atoms with Gasteiger partial charge in [-0.05, 0) is 25.1 Å². The lowest BCUT2D eigenvalue weighted by atomic mass is 10.3. The molecule has 0 spiro atoms. The van der Waals surface area contributed by atoms with E-state index in [2.05, 4.69) is 19.9 Å². The summed E-state index contributed by atoms with van der Waals surface area (Å²) in [5, 5.41) is 6.62. The van der Waals surface area contributed by atoms with Gasteiger partial charge in [0.25, 0.3) is 10.0 Å². The molecule has 3 aromatic rings. The number of H-pyrrole nitrogens is 1. The van der Waals surface area contributed by atoms with E-state index in [1.165, 1.54) is 17.5 Å². The zero-order valence-electron chi connectivity index (χ0n) is 11.2. The van der Waals surface area contributed by atoms with Gasteiger partial charge < -0.3 is 4.74 Å². The number of ether oxygens (including phenoxy) is 1. The van der Waals surface area contributed by atoms with E-state index in [0.717, 1.165) is 4.70 Å². The van der Waals surface area contributed by atoms with E-state index in [0.29, 0.717) is 22.1 Å². The Hall–Kier alpha value is -2.13. The summed E-state index contributed by atoms with van der Waals surface area (Å²) in [6.45, 7) is 1.64. The first-order valence-electron chi connectivity index (χ1n) is 5.97. The smallest absolute Gasteiger partial charge is 0.267 e. The summed E-state index contributed by atoms with van der Waals surface area (Å²) in [5.74, 6) is 0.700. The van der Waals surface area contributed by atoms with Gasteiger partial charge >= 0.3 is 0 Å². The number of thiazole rings is 1. The molecule has 1 aromatic carbocycles. The number of methoxy groups -OCH3 is 1. The van der Waals surface area contributed by atoms with Crippen molar-refractivity contribution in [1.29, 1.82) is 0 Å². The fraction of sp³-hybridized carbons (Fsp3) is 0.167. The van der Waals surface area contributed by atoms with Crippen molar-refractivity contribution in [3.05, 3.63) is 30.1 Å². The van der Waals surface area contributed by atoms with E-state index >= 15 is 0 Å². The number of benzene rings is 1. The molecule has 9 heteroatoms. The van der Waals surface area contributed by atoms with Crippen LogP contribution >= 0.6 is 11.3 Å². The summed E-state index contributed by atoms with van der Waals surface area (Å²) in [7, 11) is -2.11. The van der Waals surface area contributed by atoms with E-state index in [4.69, 9.17) is 4.74 Å². The number of hydrogen-bond donors (Lipinski definition) is 2. The van der Waals surface area contributed by atoms with Crippen LogP contribution in [-0.2, 0) is 10.0 Å². The van der Waals surface area contributed by atoms with Crippen LogP contribution in [0.1, 0.15) is 5.69 Å². The van der Waals surface area contributed by atoms with Crippen LogP contribution in [0.4, 0.5) is 5.13 Å². The number of rotatable bonds is 4. The topological polar surface area (TPSA) is 97.0 Å². The summed E-state index contributed by atoms with van der Waals surface area (Å²) < 4.78 is 33.0. The first-order valence-corrected chi connectivity index (χ1v) is 8.27. The lowest BCUT2D eigenvalue weighted by Gasteiger charge is -2.02. The van der Waals surface area contributed by atoms with Crippen molar-refractivity contribution in [2.75, 3.05) is 11.8 Å². The Labute approximate surface area is 125 Å². The van der Waals surface area contributed by atoms with Crippen molar-refractivity contribution < 1.29 is 13.2 Å². The minimum absolute atomic E-state index is 0.110. The maximum atomic E-state index is 12.3. The highest BCUT2D eigenvalue weighted by molar-refractivity contribution is 7.93. The second-order valence-corrected chi connectivity index (χ2v) is 7.00. The lowest BCUT2D eigenvalue weighted by Crippen LogP contribution is -2.13. The van der Waals surface area contributed by atoms with E-state index < -0.39 is 10.0 Å². The molecule has 0 bridgehead atoms. The van der Waals surface area contributed by atoms with E-state index in [-0.39, 0.29) is 4.90 Å². The molecule has 2 N–H and O–H groups in total. The van der Waals surface area contributed by atoms with E-state index in [1.54, 1.807) is 26.2 Å². The molecule has 0 amide bonds. The van der Waals surface area contributed by atoms with Gasteiger partial charge in [-0.2, -0.15) is 5.10 Å². The molecule has 2 aromatic heterocycles. The van der Waals surface area contributed by atoms with Gasteiger partial charge in [0.05, 0.1) is 29.2 Å². The number of hydrogen-bond acceptors (Lipinski definition) is 6. The fourth-order valence-corrected chi connectivity index (χ4v) is 4.12. The molecule has 0 aliphatic rings. The molecule has 0 saturated carbocycles. The van der Waals surface area contributed by atoms with Crippen LogP contribution in [0.25, 0.3) is 10.2 Å². The maximum absolute atomic E-state index is 12.3. The second-order valence-electron chi connectivity index (χ2n) is 4.32. The number of nitrogens with zero attached hydrogens (tertiary/aromatic N) is 2. The second kappa shape index (κ2) is 5.01. The van der Waals surface area contributed by atoms with Crippen molar-refractivity contribution in [2.24, 2.45) is 0 Å². The third kappa shape index (κ3) is 2.57. The molecule has 0 unspecified atom stereocenters. The van der Waals surface area contributed by atoms with Crippen LogP contribution in [0, 0.1) is 6.92 Å². The minimum Gasteiger partial charge on any atom is -0.497 e. The number of nitrogens with one attached hydrogen (secondary N) is 2. The highest BCUT2D eigenvalue weighted by Crippen LogP contribution is 2.30. The molecule has 7 nitrogen and oxygen atoms in total. The summed E-state index contributed by atoms with van der Waals surface area (Å²) in [4.78, 5) is 4.37. The molecule has 0 radical (unpaired) electrons. The number of anilines is 1. The zero-order chi connectivity index (χ0) is 15.0. The molecule has 21 heavy (non-hydrogen) atoms. The average molecular weight is 324 g/mol. The van der Waals surface area contributed by atoms with E-state index in [1.807, 2.05) is 6.07 Å². The molecular weight excluding hydrogens is 312 g/mol. The third-order valence-electron chi connectivity index (χ3n) is 2.89. The highest BCUT2D eigenvalue weighted by Gasteiger charge is 2.20. The normalized spacial score (nSPS) is 11.7. The number of aromatic nitrogens is 3. The highest BCUT2D eigenvalue weighted by atomic mass is 32.2. The van der Waals surface area contributed by atoms with Crippen LogP contribution in [0.5, 0.6) is 5.75 Å². The van der Waals surface area contributed by atoms with Crippen LogP contribution in [0.15, 0.2) is 29.3 Å². The van der Waals surface area contributed by atoms with Crippen LogP contribution in [-0.4, -0.2) is 30.7 Å². The van der Waals surface area contributed by atoms with Crippen molar-refractivity contribution >= 4 is 36.7 Å². The lowest BCUT2D eigenvalue weighted by molar-refractivity contribution is 0.415. The SMILES string of the molecule is COc1ccc2nc(NS(=O)(=O)c3cn[nH]c3C)sc2c1. The maximum Gasteiger partial charge on any atom is 0.267 e. The summed E-state index contributed by atoms with van der Waals surface area (Å²) in [6.07, 6.45) is 1.27. The molecule has 2 heterocycles. The van der Waals surface area contributed by atoms with Gasteiger partial charge in [-0.1, -0.05) is 11.3 Å². The molecular formula is C12H12N4O3S2. The Morgan fingerprint density at radius 2 is 2.19 bits per heavy atom. The number of aromatic amines is 1. The summed E-state index contributed by atoms with van der Waals surface area (Å²) >= 11 is 1.24. The molecule has 0 fully saturated rings. The predicted molar refractivity (Wildman–Crippen MR) is 80.3 cm³/mol. The Bertz CT molecular complexity index is 898. The van der Waals surface area contributed by atoms with Crippen LogP contribution < -0.4 is 9.46 Å². The van der Waals surface area contributed by atoms with Gasteiger partial charge in [0.2, 0.25) is 0 Å². The first-order chi connectivity index (χ1) is 9.99. The predicted octanol–water partition coefficient (Wildman–Crippen LogP) is 2.14. The largest absolute Gasteiger partial charge is 0.497 e. The van der Waals surface area contributed by atoms with Gasteiger partial charge in [-0.25, -0.2) is 13.4 Å². The van der Waals surface area contributed by atoms with Gasteiger partial charge in [0, 0.05) is 0 Å². The van der Waals surface area contributed by atoms with Gasteiger partial charge in [-0.3, -0.25) is 9.82 Å². The molecule has 0 saturated heterocycles. The minimum atomic E-state index is -3.69. The molecule has 0 atom stereocenters. The number of aryl methyl sites for hydroxylation is 1. The van der Waals surface area contributed by atoms with E-state index in [9.17, 15) is 8.42 Å². The molecule has 110 valence electrons. The van der Waals surface area contributed by atoms with Crippen molar-refractivity contribution in [1.82, 2.24) is 15.2 Å². The third-order valence-corrected chi connectivity index (χ3v) is 5.41. The Kier molecular flexibility index (Phi) is 3.30. The summed E-state index contributed by atoms with van der Waals surface area (Å²) in [5.41, 5.74) is 1.19. The monoisotopic (exact) mass is 324 g/mol. The van der Waals surface area contributed by atoms with Crippen molar-refractivity contribution in [2.45, 2.75) is 11.8 Å². The average Bonchev–Trinajstić information content (AvgIpc) is 3.02. The van der Waals surface area contributed by atoms with Crippen molar-refractivity contribution in [3.63, 3.8) is 0 Å². The van der Waals surface area contributed by atoms with Crippen LogP contribution in [0.3, 0.4) is 0 Å². The Morgan fingerprint density at radius 3 is 2.86 bits per heavy atom. The molecule has 0 aliphatic heterocycles. The quantitative estimate of drug-likeness (QED) is 0.766. The van der Waals surface area contributed by atoms with Gasteiger partial charge in [0.1, 0.15) is 10.6 Å². The molecule has 0 aliphatic carbocycles. The van der Waals surface area contributed by atoms with Gasteiger partial charge in [0.15, 0.2) is 5.13 Å². The standard InChI is InChI=1S/C12H12N4O3S2/c1-7-11(6-13-15-7)21(17,18)16-12-14-9-4-3-8(19-2)5-10(9)20-12/h3-6H,1-2H3,(H,13,15)(H,14,16). The Balaban J connectivity index is 1.96. The van der Waals surface area contributed by atoms with Crippen molar-refractivity contribution in [3.8, 4) is 5.75 Å². The van der Waals surface area contributed by atoms with Gasteiger partial charge in [-0.15, -0.1) is 0 Å². The summed E-state index contributed by atoms with van der Waals surface area (Å²) in [6, 6.07) is 5.38. The fourth-order valence-electron chi connectivity index (χ4n) is 1.86. The zero-order valence-corrected chi connectivity index (χ0v) is 12.9. The number of sulfonamides is 1. The first kappa shape index (κ1) is 13.8.